The van der Waals surface area contributed by atoms with E-state index in [9.17, 15) is 29.7 Å². The van der Waals surface area contributed by atoms with E-state index in [4.69, 9.17) is 0 Å². The molecule has 0 N–H and O–H groups in total. The molecule has 0 aromatic heterocycles. The van der Waals surface area contributed by atoms with Crippen molar-refractivity contribution >= 4 is 17.9 Å². The van der Waals surface area contributed by atoms with E-state index in [1.165, 1.54) is 20.8 Å². The van der Waals surface area contributed by atoms with Crippen LogP contribution in [0.2, 0.25) is 0 Å². The van der Waals surface area contributed by atoms with Crippen molar-refractivity contribution in [3.63, 3.8) is 0 Å². The molecule has 0 heterocycles. The summed E-state index contributed by atoms with van der Waals surface area (Å²) in [4.78, 5) is 27.8. The molecule has 0 saturated carbocycles. The fourth-order valence-corrected chi connectivity index (χ4v) is 0. The number of hydrogen-bond acceptors (Lipinski definition) is 6. The Labute approximate surface area is 125 Å². The van der Waals surface area contributed by atoms with Gasteiger partial charge in [-0.05, 0) is 19.3 Å². The second-order valence-electron chi connectivity index (χ2n) is 2.18. The van der Waals surface area contributed by atoms with E-state index in [-0.39, 0.29) is 57.4 Å². The summed E-state index contributed by atoms with van der Waals surface area (Å²) in [6, 6.07) is 0. The molecule has 16 heavy (non-hydrogen) atoms. The number of carboxylic acid groups (broad SMARTS) is 3. The van der Waals surface area contributed by atoms with Crippen molar-refractivity contribution < 1.29 is 67.9 Å². The van der Waals surface area contributed by atoms with E-state index >= 15 is 0 Å². The maximum Gasteiger partial charge on any atom is 3.00 e. The van der Waals surface area contributed by atoms with Crippen LogP contribution in [0.15, 0.2) is 0 Å². The Kier molecular flexibility index (Phi) is 31.2. The third kappa shape index (κ3) is 68.2. The first-order chi connectivity index (χ1) is 6.81. The van der Waals surface area contributed by atoms with Crippen molar-refractivity contribution in [2.45, 2.75) is 40.0 Å². The molecule has 0 atom stereocenters. The van der Waals surface area contributed by atoms with Gasteiger partial charge in [0.25, 0.3) is 0 Å². The molecule has 0 saturated heterocycles. The van der Waals surface area contributed by atoms with E-state index in [1.807, 2.05) is 0 Å². The summed E-state index contributed by atoms with van der Waals surface area (Å²) in [5.74, 6) is -2.99. The maximum atomic E-state index is 9.26. The molecule has 0 aliphatic carbocycles. The first-order valence-electron chi connectivity index (χ1n) is 4.41. The van der Waals surface area contributed by atoms with E-state index in [1.54, 1.807) is 0 Å². The van der Waals surface area contributed by atoms with Gasteiger partial charge in [-0.2, -0.15) is 0 Å². The Morgan fingerprint density at radius 3 is 0.750 bits per heavy atom. The number of carbonyl (C=O) groups excluding carboxylic acids is 3. The fraction of sp³-hybridized carbons (Fsp3) is 0.667. The van der Waals surface area contributed by atoms with Gasteiger partial charge in [-0.15, -0.1) is 0 Å². The van der Waals surface area contributed by atoms with Gasteiger partial charge in [0.1, 0.15) is 0 Å². The van der Waals surface area contributed by atoms with E-state index in [2.05, 4.69) is 0 Å². The van der Waals surface area contributed by atoms with Gasteiger partial charge in [-0.3, -0.25) is 0 Å². The average molecular weight is 382 g/mol. The minimum absolute atomic E-state index is 0. The molecule has 0 bridgehead atoms. The van der Waals surface area contributed by atoms with Crippen molar-refractivity contribution in [2.24, 2.45) is 0 Å². The molecular formula is C9H15DyO6. The molecule has 0 amide bonds. The number of carbonyl (C=O) groups is 3. The Morgan fingerprint density at radius 1 is 0.688 bits per heavy atom. The molecule has 97 valence electrons. The summed E-state index contributed by atoms with van der Waals surface area (Å²) in [5, 5.41) is 27.8. The van der Waals surface area contributed by atoms with Gasteiger partial charge in [0, 0.05) is 17.9 Å². The molecular weight excluding hydrogens is 367 g/mol. The van der Waals surface area contributed by atoms with E-state index in [0.29, 0.717) is 0 Å². The predicted octanol–water partition coefficient (Wildman–Crippen LogP) is -2.56. The van der Waals surface area contributed by atoms with E-state index in [0.717, 1.165) is 0 Å². The Bertz CT molecular complexity index is 159. The van der Waals surface area contributed by atoms with Crippen LogP contribution in [0.3, 0.4) is 0 Å². The zero-order chi connectivity index (χ0) is 12.9. The molecule has 7 heteroatoms. The van der Waals surface area contributed by atoms with Crippen LogP contribution in [0.1, 0.15) is 40.0 Å². The second-order valence-corrected chi connectivity index (χ2v) is 2.18. The van der Waals surface area contributed by atoms with Gasteiger partial charge in [0.2, 0.25) is 0 Å². The van der Waals surface area contributed by atoms with Crippen molar-refractivity contribution in [2.75, 3.05) is 0 Å². The van der Waals surface area contributed by atoms with Crippen molar-refractivity contribution in [1.82, 2.24) is 0 Å². The van der Waals surface area contributed by atoms with Crippen LogP contribution in [-0.4, -0.2) is 17.9 Å². The first kappa shape index (κ1) is 24.8. The summed E-state index contributed by atoms with van der Waals surface area (Å²) in [7, 11) is 0. The summed E-state index contributed by atoms with van der Waals surface area (Å²) in [5.41, 5.74) is 0. The van der Waals surface area contributed by atoms with Gasteiger partial charge < -0.3 is 29.7 Å². The standard InChI is InChI=1S/3C3H6O2.Dy/c3*1-2-3(4)5;/h3*2H2,1H3,(H,4,5);/q;;;+3/p-3. The normalized spacial score (nSPS) is 6.94. The van der Waals surface area contributed by atoms with Crippen LogP contribution in [0.4, 0.5) is 0 Å². The predicted molar refractivity (Wildman–Crippen MR) is 45.9 cm³/mol. The van der Waals surface area contributed by atoms with Crippen LogP contribution < -0.4 is 15.3 Å². The zero-order valence-electron chi connectivity index (χ0n) is 9.39. The van der Waals surface area contributed by atoms with Crippen LogP contribution in [0.5, 0.6) is 0 Å². The van der Waals surface area contributed by atoms with Crippen molar-refractivity contribution in [3.8, 4) is 0 Å². The monoisotopic (exact) mass is 383 g/mol. The number of rotatable bonds is 3. The van der Waals surface area contributed by atoms with Crippen molar-refractivity contribution in [1.29, 1.82) is 0 Å². The third-order valence-electron chi connectivity index (χ3n) is 0.866. The number of aliphatic carboxylic acids is 3. The number of carboxylic acids is 3. The van der Waals surface area contributed by atoms with Gasteiger partial charge in [0.05, 0.1) is 0 Å². The smallest absolute Gasteiger partial charge is 0.550 e. The molecule has 0 aliphatic heterocycles. The van der Waals surface area contributed by atoms with Crippen LogP contribution >= 0.6 is 0 Å². The molecule has 0 aromatic rings. The average Bonchev–Trinajstić information content (AvgIpc) is 2.19. The van der Waals surface area contributed by atoms with Gasteiger partial charge in [-0.25, -0.2) is 0 Å². The zero-order valence-corrected chi connectivity index (χ0v) is 11.4. The SMILES string of the molecule is CCC(=O)[O-].CCC(=O)[O-].CCC(=O)[O-].[Dy+3]. The van der Waals surface area contributed by atoms with Crippen LogP contribution in [0.25, 0.3) is 0 Å². The third-order valence-corrected chi connectivity index (χ3v) is 0.866. The molecule has 0 rings (SSSR count). The summed E-state index contributed by atoms with van der Waals surface area (Å²) < 4.78 is 0. The Balaban J connectivity index is -0.0000000655. The number of hydrogen-bond donors (Lipinski definition) is 0. The van der Waals surface area contributed by atoms with Gasteiger partial charge in [0.15, 0.2) is 0 Å². The molecule has 0 spiro atoms. The topological polar surface area (TPSA) is 120 Å². The molecule has 0 unspecified atom stereocenters. The maximum absolute atomic E-state index is 9.26. The molecule has 6 nitrogen and oxygen atoms in total. The summed E-state index contributed by atoms with van der Waals surface area (Å²) in [6.07, 6.45) is 0.333. The minimum Gasteiger partial charge on any atom is -0.550 e. The van der Waals surface area contributed by atoms with Crippen LogP contribution in [-0.2, 0) is 14.4 Å². The molecule has 1 radical (unpaired) electrons. The molecule has 0 aliphatic rings. The largest absolute Gasteiger partial charge is 3.00 e. The Hall–Kier alpha value is -0.317. The quantitative estimate of drug-likeness (QED) is 0.530. The van der Waals surface area contributed by atoms with Crippen molar-refractivity contribution in [3.05, 3.63) is 0 Å². The van der Waals surface area contributed by atoms with Gasteiger partial charge >= 0.3 is 38.2 Å². The summed E-state index contributed by atoms with van der Waals surface area (Å²) >= 11 is 0. The first-order valence-corrected chi connectivity index (χ1v) is 4.41. The fourth-order valence-electron chi connectivity index (χ4n) is 0. The Morgan fingerprint density at radius 2 is 0.750 bits per heavy atom. The van der Waals surface area contributed by atoms with Gasteiger partial charge in [-0.1, -0.05) is 20.8 Å². The second kappa shape index (κ2) is 20.1. The molecule has 0 aromatic carbocycles. The van der Waals surface area contributed by atoms with Crippen LogP contribution in [0, 0.1) is 38.2 Å². The van der Waals surface area contributed by atoms with E-state index < -0.39 is 17.9 Å². The summed E-state index contributed by atoms with van der Waals surface area (Å²) in [6.45, 7) is 4.61. The minimum atomic E-state index is -0.995. The molecule has 0 fully saturated rings.